The van der Waals surface area contributed by atoms with Crippen molar-refractivity contribution in [3.05, 3.63) is 71.4 Å². The number of aromatic nitrogens is 1. The largest absolute Gasteiger partial charge is 0.361 e. The minimum absolute atomic E-state index is 0.0886. The Morgan fingerprint density at radius 1 is 1.12 bits per heavy atom. The van der Waals surface area contributed by atoms with E-state index in [9.17, 15) is 13.2 Å². The van der Waals surface area contributed by atoms with Gasteiger partial charge in [0, 0.05) is 37.4 Å². The minimum Gasteiger partial charge on any atom is -0.361 e. The summed E-state index contributed by atoms with van der Waals surface area (Å²) in [6, 6.07) is 13.4. The lowest BCUT2D eigenvalue weighted by atomic mass is 10.00. The number of carbonyl (C=O) groups is 1. The number of amides is 1. The van der Waals surface area contributed by atoms with Crippen LogP contribution in [0.15, 0.2) is 59.6 Å². The second-order valence-corrected chi connectivity index (χ2v) is 10.2. The third-order valence-corrected chi connectivity index (χ3v) is 7.46. The molecule has 0 spiro atoms. The second kappa shape index (κ2) is 10.3. The van der Waals surface area contributed by atoms with Gasteiger partial charge in [0.25, 0.3) is 0 Å². The van der Waals surface area contributed by atoms with Crippen LogP contribution in [0.4, 0.5) is 0 Å². The van der Waals surface area contributed by atoms with Crippen LogP contribution in [0.3, 0.4) is 0 Å². The topological polar surface area (TPSA) is 94.3 Å². The van der Waals surface area contributed by atoms with Gasteiger partial charge in [0.05, 0.1) is 4.90 Å². The van der Waals surface area contributed by atoms with Gasteiger partial charge < -0.3 is 10.3 Å². The highest BCUT2D eigenvalue weighted by atomic mass is 32.2. The molecule has 3 N–H and O–H groups in total. The van der Waals surface area contributed by atoms with Gasteiger partial charge in [-0.25, -0.2) is 13.1 Å². The molecule has 4 rings (SSSR count). The van der Waals surface area contributed by atoms with E-state index in [1.165, 1.54) is 12.6 Å². The number of nitrogens with one attached hydrogen (secondary N) is 3. The number of sulfonamides is 1. The molecule has 1 aromatic heterocycles. The zero-order chi connectivity index (χ0) is 23.3. The zero-order valence-corrected chi connectivity index (χ0v) is 19.6. The number of hydrogen-bond acceptors (Lipinski definition) is 4. The fourth-order valence-corrected chi connectivity index (χ4v) is 4.93. The lowest BCUT2D eigenvalue weighted by Crippen LogP contribution is -2.32. The molecule has 1 aliphatic heterocycles. The van der Waals surface area contributed by atoms with Crippen LogP contribution < -0.4 is 10.0 Å². The van der Waals surface area contributed by atoms with Gasteiger partial charge in [0.1, 0.15) is 0 Å². The van der Waals surface area contributed by atoms with E-state index >= 15 is 0 Å². The van der Waals surface area contributed by atoms with Crippen LogP contribution in [-0.2, 0) is 27.8 Å². The van der Waals surface area contributed by atoms with E-state index in [4.69, 9.17) is 0 Å². The molecule has 0 fully saturated rings. The van der Waals surface area contributed by atoms with Gasteiger partial charge in [-0.15, -0.1) is 0 Å². The summed E-state index contributed by atoms with van der Waals surface area (Å²) in [6.07, 6.45) is 8.09. The van der Waals surface area contributed by atoms with E-state index in [0.717, 1.165) is 60.9 Å². The molecule has 8 heteroatoms. The van der Waals surface area contributed by atoms with Crippen molar-refractivity contribution in [1.82, 2.24) is 19.9 Å². The number of nitrogens with zero attached hydrogens (tertiary/aromatic N) is 1. The molecule has 1 amide bonds. The van der Waals surface area contributed by atoms with E-state index in [1.54, 1.807) is 18.2 Å². The molecule has 0 aliphatic carbocycles. The Labute approximate surface area is 194 Å². The summed E-state index contributed by atoms with van der Waals surface area (Å²) in [6.45, 7) is 3.27. The maximum absolute atomic E-state index is 12.1. The number of aromatic amines is 1. The Morgan fingerprint density at radius 2 is 2.00 bits per heavy atom. The normalized spacial score (nSPS) is 14.6. The van der Waals surface area contributed by atoms with Gasteiger partial charge in [-0.2, -0.15) is 0 Å². The van der Waals surface area contributed by atoms with Crippen molar-refractivity contribution in [1.29, 1.82) is 0 Å². The molecule has 2 heterocycles. The molecule has 0 saturated heterocycles. The monoisotopic (exact) mass is 466 g/mol. The van der Waals surface area contributed by atoms with Crippen LogP contribution in [0.2, 0.25) is 0 Å². The molecular weight excluding hydrogens is 436 g/mol. The Kier molecular flexibility index (Phi) is 7.27. The molecule has 0 atom stereocenters. The van der Waals surface area contributed by atoms with Gasteiger partial charge in [0.2, 0.25) is 15.9 Å². The predicted molar refractivity (Wildman–Crippen MR) is 131 cm³/mol. The summed E-state index contributed by atoms with van der Waals surface area (Å²) in [5.74, 6) is -0.0886. The molecule has 0 saturated carbocycles. The van der Waals surface area contributed by atoms with Gasteiger partial charge >= 0.3 is 0 Å². The lowest BCUT2D eigenvalue weighted by molar-refractivity contribution is -0.116. The highest BCUT2D eigenvalue weighted by molar-refractivity contribution is 7.89. The molecule has 174 valence electrons. The van der Waals surface area contributed by atoms with Crippen LogP contribution in [0, 0.1) is 0 Å². The van der Waals surface area contributed by atoms with Gasteiger partial charge in [0.15, 0.2) is 0 Å². The molecule has 7 nitrogen and oxygen atoms in total. The fourth-order valence-electron chi connectivity index (χ4n) is 4.15. The molecular formula is C25H30N4O3S. The van der Waals surface area contributed by atoms with Crippen molar-refractivity contribution >= 4 is 32.9 Å². The Bertz CT molecular complexity index is 1260. The first-order chi connectivity index (χ1) is 15.9. The number of unbranched alkanes of at least 4 members (excludes halogenated alkanes) is 1. The third-order valence-electron chi connectivity index (χ3n) is 6.05. The summed E-state index contributed by atoms with van der Waals surface area (Å²) < 4.78 is 26.5. The van der Waals surface area contributed by atoms with Crippen LogP contribution in [-0.4, -0.2) is 50.9 Å². The van der Waals surface area contributed by atoms with E-state index in [2.05, 4.69) is 19.9 Å². The quantitative estimate of drug-likeness (QED) is 0.334. The maximum Gasteiger partial charge on any atom is 0.243 e. The molecule has 1 aliphatic rings. The molecule has 0 radical (unpaired) electrons. The molecule has 0 unspecified atom stereocenters. The van der Waals surface area contributed by atoms with Crippen LogP contribution in [0.5, 0.6) is 0 Å². The van der Waals surface area contributed by atoms with Crippen molar-refractivity contribution in [3.63, 3.8) is 0 Å². The first kappa shape index (κ1) is 23.2. The number of fused-ring (bicyclic) bond motifs is 2. The van der Waals surface area contributed by atoms with Crippen LogP contribution in [0.1, 0.15) is 29.5 Å². The Morgan fingerprint density at radius 3 is 2.85 bits per heavy atom. The predicted octanol–water partition coefficient (Wildman–Crippen LogP) is 3.04. The first-order valence-electron chi connectivity index (χ1n) is 11.3. The Balaban J connectivity index is 1.19. The van der Waals surface area contributed by atoms with E-state index in [-0.39, 0.29) is 5.91 Å². The number of hydrogen-bond donors (Lipinski definition) is 3. The minimum atomic E-state index is -3.43. The standard InChI is InChI=1S/C25H30N4O3S/c1-26-33(31,32)23-7-6-20-11-15-29(18-22(20)17-23)14-3-2-12-28-25(30)9-5-19-4-8-24-21(16-19)10-13-27-24/h4-10,13,16-17,26-27H,2-3,11-12,14-15,18H2,1H3,(H,28,30). The zero-order valence-electron chi connectivity index (χ0n) is 18.8. The van der Waals surface area contributed by atoms with Crippen molar-refractivity contribution < 1.29 is 13.2 Å². The third kappa shape index (κ3) is 5.90. The fraction of sp³-hybridized carbons (Fsp3) is 0.320. The molecule has 2 aromatic carbocycles. The van der Waals surface area contributed by atoms with Gasteiger partial charge in [-0.1, -0.05) is 12.1 Å². The van der Waals surface area contributed by atoms with Crippen molar-refractivity contribution in [3.8, 4) is 0 Å². The summed E-state index contributed by atoms with van der Waals surface area (Å²) in [4.78, 5) is 17.9. The summed E-state index contributed by atoms with van der Waals surface area (Å²) in [5.41, 5.74) is 4.37. The van der Waals surface area contributed by atoms with Gasteiger partial charge in [-0.05, 0) is 91.3 Å². The SMILES string of the molecule is CNS(=O)(=O)c1ccc2c(c1)CN(CCCCNC(=O)C=Cc1ccc3[nH]ccc3c1)CC2. The highest BCUT2D eigenvalue weighted by Gasteiger charge is 2.19. The van der Waals surface area contributed by atoms with Crippen LogP contribution >= 0.6 is 0 Å². The van der Waals surface area contributed by atoms with Crippen molar-refractivity contribution in [2.45, 2.75) is 30.7 Å². The van der Waals surface area contributed by atoms with Crippen molar-refractivity contribution in [2.75, 3.05) is 26.7 Å². The highest BCUT2D eigenvalue weighted by Crippen LogP contribution is 2.22. The van der Waals surface area contributed by atoms with E-state index in [1.807, 2.05) is 42.6 Å². The number of carbonyl (C=O) groups excluding carboxylic acids is 1. The molecule has 33 heavy (non-hydrogen) atoms. The summed E-state index contributed by atoms with van der Waals surface area (Å²) >= 11 is 0. The average molecular weight is 467 g/mol. The average Bonchev–Trinajstić information content (AvgIpc) is 3.30. The number of benzene rings is 2. The second-order valence-electron chi connectivity index (χ2n) is 8.32. The first-order valence-corrected chi connectivity index (χ1v) is 12.7. The lowest BCUT2D eigenvalue weighted by Gasteiger charge is -2.29. The molecule has 3 aromatic rings. The van der Waals surface area contributed by atoms with Crippen molar-refractivity contribution in [2.24, 2.45) is 0 Å². The number of rotatable bonds is 9. The van der Waals surface area contributed by atoms with Crippen LogP contribution in [0.25, 0.3) is 17.0 Å². The van der Waals surface area contributed by atoms with E-state index < -0.39 is 10.0 Å². The Hall–Kier alpha value is -2.94. The smallest absolute Gasteiger partial charge is 0.243 e. The maximum atomic E-state index is 12.1. The summed E-state index contributed by atoms with van der Waals surface area (Å²) in [7, 11) is -2.00. The van der Waals surface area contributed by atoms with Gasteiger partial charge in [-0.3, -0.25) is 9.69 Å². The summed E-state index contributed by atoms with van der Waals surface area (Å²) in [5, 5.41) is 4.07. The molecule has 0 bridgehead atoms. The van der Waals surface area contributed by atoms with E-state index in [0.29, 0.717) is 11.4 Å². The number of H-pyrrole nitrogens is 1.